The average Bonchev–Trinajstić information content (AvgIpc) is 3.62. The molecule has 8 heteroatoms. The second-order valence-corrected chi connectivity index (χ2v) is 16.4. The van der Waals surface area contributed by atoms with Gasteiger partial charge >= 0.3 is 11.4 Å². The van der Waals surface area contributed by atoms with Crippen molar-refractivity contribution in [2.45, 2.75) is 122 Å². The zero-order valence-corrected chi connectivity index (χ0v) is 27.3. The summed E-state index contributed by atoms with van der Waals surface area (Å²) in [6.07, 6.45) is 11.3. The highest BCUT2D eigenvalue weighted by Crippen LogP contribution is 2.74. The molecule has 3 saturated carbocycles. The van der Waals surface area contributed by atoms with Gasteiger partial charge in [0.2, 0.25) is 0 Å². The van der Waals surface area contributed by atoms with Gasteiger partial charge in [0.15, 0.2) is 0 Å². The summed E-state index contributed by atoms with van der Waals surface area (Å²) in [5.41, 5.74) is -2.18. The van der Waals surface area contributed by atoms with Gasteiger partial charge in [-0.25, -0.2) is 23.9 Å². The normalized spacial score (nSPS) is 43.1. The van der Waals surface area contributed by atoms with Crippen LogP contribution in [0.15, 0.2) is 52.1 Å². The molecule has 0 radical (unpaired) electrons. The molecule has 44 heavy (non-hydrogen) atoms. The van der Waals surface area contributed by atoms with E-state index in [1.807, 2.05) is 44.2 Å². The topological polar surface area (TPSA) is 113 Å². The zero-order valence-electron chi connectivity index (χ0n) is 27.3. The van der Waals surface area contributed by atoms with E-state index in [0.29, 0.717) is 23.9 Å². The lowest BCUT2D eigenvalue weighted by atomic mass is 9.40. The fourth-order valence-electron chi connectivity index (χ4n) is 11.3. The van der Waals surface area contributed by atoms with Crippen LogP contribution in [-0.2, 0) is 10.3 Å². The van der Waals surface area contributed by atoms with Crippen LogP contribution in [0.3, 0.4) is 0 Å². The Morgan fingerprint density at radius 2 is 1.80 bits per heavy atom. The van der Waals surface area contributed by atoms with Crippen LogP contribution < -0.4 is 11.4 Å². The Kier molecular flexibility index (Phi) is 6.73. The van der Waals surface area contributed by atoms with Crippen molar-refractivity contribution in [3.8, 4) is 5.69 Å². The van der Waals surface area contributed by atoms with Gasteiger partial charge in [0.05, 0.1) is 29.0 Å². The molecule has 0 amide bonds. The first kappa shape index (κ1) is 30.2. The lowest BCUT2D eigenvalue weighted by molar-refractivity contribution is -0.148. The van der Waals surface area contributed by atoms with Crippen molar-refractivity contribution in [1.29, 1.82) is 0 Å². The van der Waals surface area contributed by atoms with Crippen molar-refractivity contribution in [2.24, 2.45) is 39.9 Å². The second-order valence-electron chi connectivity index (χ2n) is 16.4. The number of epoxide rings is 1. The maximum atomic E-state index is 14.5. The lowest BCUT2D eigenvalue weighted by Crippen LogP contribution is -2.68. The van der Waals surface area contributed by atoms with Crippen molar-refractivity contribution in [2.75, 3.05) is 0 Å². The van der Waals surface area contributed by atoms with Crippen LogP contribution in [0.2, 0.25) is 0 Å². The molecule has 0 bridgehead atoms. The van der Waals surface area contributed by atoms with Gasteiger partial charge in [0, 0.05) is 5.41 Å². The van der Waals surface area contributed by atoms with Crippen molar-refractivity contribution in [1.82, 2.24) is 14.3 Å². The summed E-state index contributed by atoms with van der Waals surface area (Å²) < 4.78 is 9.29. The van der Waals surface area contributed by atoms with E-state index in [4.69, 9.17) is 4.74 Å². The minimum absolute atomic E-state index is 0.0255. The van der Waals surface area contributed by atoms with Crippen LogP contribution in [0.25, 0.3) is 5.69 Å². The Morgan fingerprint density at radius 3 is 2.50 bits per heavy atom. The maximum Gasteiger partial charge on any atom is 0.352 e. The second kappa shape index (κ2) is 9.79. The van der Waals surface area contributed by atoms with E-state index in [2.05, 4.69) is 44.9 Å². The number of ether oxygens (including phenoxy) is 1. The summed E-state index contributed by atoms with van der Waals surface area (Å²) in [4.78, 5) is 28.2. The number of hydrogen-bond donors (Lipinski definition) is 3. The number of rotatable bonds is 7. The van der Waals surface area contributed by atoms with Gasteiger partial charge in [-0.15, -0.1) is 0 Å². The van der Waals surface area contributed by atoms with E-state index < -0.39 is 22.9 Å². The third kappa shape index (κ3) is 4.05. The summed E-state index contributed by atoms with van der Waals surface area (Å²) in [5, 5.41) is 24.4. The number of H-pyrrole nitrogens is 1. The predicted molar refractivity (Wildman–Crippen MR) is 170 cm³/mol. The Labute approximate surface area is 260 Å². The van der Waals surface area contributed by atoms with Crippen LogP contribution in [0, 0.1) is 39.9 Å². The van der Waals surface area contributed by atoms with Crippen molar-refractivity contribution in [3.63, 3.8) is 0 Å². The molecule has 1 saturated heterocycles. The SMILES string of the molecule is C[C@H](CCCC(C)(C)O)[C@H]1CCC2C3(n4[nH]c(=O)n(-c5ccccc5)c4=O)C=C[C@@]4(C)CC(O)C5OC5[C@]4(C)C3CC[C@@]21C. The number of nitrogens with zero attached hydrogens (tertiary/aromatic N) is 2. The Bertz CT molecular complexity index is 1570. The van der Waals surface area contributed by atoms with Crippen LogP contribution in [-0.4, -0.2) is 48.5 Å². The fourth-order valence-corrected chi connectivity index (χ4v) is 11.3. The summed E-state index contributed by atoms with van der Waals surface area (Å²) >= 11 is 0. The first-order chi connectivity index (χ1) is 20.7. The smallest absolute Gasteiger partial charge is 0.352 e. The molecular weight excluding hydrogens is 554 g/mol. The third-order valence-corrected chi connectivity index (χ3v) is 13.6. The summed E-state index contributed by atoms with van der Waals surface area (Å²) in [5.74, 6) is 1.17. The number of aromatic amines is 1. The number of nitrogens with one attached hydrogen (secondary N) is 1. The van der Waals surface area contributed by atoms with E-state index >= 15 is 0 Å². The largest absolute Gasteiger partial charge is 0.390 e. The molecule has 2 heterocycles. The summed E-state index contributed by atoms with van der Waals surface area (Å²) in [6, 6.07) is 9.20. The fraction of sp³-hybridized carbons (Fsp3) is 0.722. The molecule has 2 aromatic rings. The molecule has 8 nitrogen and oxygen atoms in total. The van der Waals surface area contributed by atoms with Gasteiger partial charge in [0.25, 0.3) is 0 Å². The van der Waals surface area contributed by atoms with Crippen LogP contribution in [0.4, 0.5) is 0 Å². The molecule has 5 aliphatic rings. The Balaban J connectivity index is 1.37. The van der Waals surface area contributed by atoms with Crippen LogP contribution in [0.5, 0.6) is 0 Å². The highest BCUT2D eigenvalue weighted by Gasteiger charge is 2.76. The standard InChI is InChI=1S/C36H51N3O5/c1-22(11-10-17-32(2,3)43)24-14-15-26-34(24,5)18-16-27-35(6)29-28(44-29)25(40)21-33(35,4)19-20-36(26,27)39-31(42)38(30(41)37-39)23-12-8-7-9-13-23/h7-9,12-13,19-20,22,24-29,40,43H,10-11,14-18,21H2,1-6H3,(H,37,41)/t22-,24-,25?,26?,27?,28?,29?,33+,34-,35+,36?/m1/s1. The molecule has 1 aromatic heterocycles. The molecule has 7 rings (SSSR count). The zero-order chi connectivity index (χ0) is 31.4. The Hall–Kier alpha value is -2.42. The van der Waals surface area contributed by atoms with Gasteiger partial charge in [-0.3, -0.25) is 0 Å². The number of allylic oxidation sites excluding steroid dienone is 2. The molecule has 4 aliphatic carbocycles. The molecular formula is C36H51N3O5. The maximum absolute atomic E-state index is 14.5. The quantitative estimate of drug-likeness (QED) is 0.298. The molecule has 11 atom stereocenters. The highest BCUT2D eigenvalue weighted by molar-refractivity contribution is 5.35. The number of aliphatic hydroxyl groups is 2. The molecule has 1 aromatic carbocycles. The molecule has 3 N–H and O–H groups in total. The van der Waals surface area contributed by atoms with E-state index in [1.165, 1.54) is 4.57 Å². The van der Waals surface area contributed by atoms with Crippen molar-refractivity contribution >= 4 is 0 Å². The van der Waals surface area contributed by atoms with Gasteiger partial charge in [0.1, 0.15) is 6.10 Å². The van der Waals surface area contributed by atoms with E-state index in [9.17, 15) is 19.8 Å². The number of fused-ring (bicyclic) bond motifs is 7. The number of aliphatic hydroxyl groups excluding tert-OH is 1. The number of hydrogen-bond acceptors (Lipinski definition) is 5. The van der Waals surface area contributed by atoms with Crippen molar-refractivity contribution in [3.05, 3.63) is 63.5 Å². The monoisotopic (exact) mass is 605 g/mol. The van der Waals surface area contributed by atoms with Gasteiger partial charge in [-0.05, 0) is 99.0 Å². The molecule has 6 unspecified atom stereocenters. The first-order valence-corrected chi connectivity index (χ1v) is 16.9. The minimum Gasteiger partial charge on any atom is -0.390 e. The summed E-state index contributed by atoms with van der Waals surface area (Å²) in [6.45, 7) is 13.2. The van der Waals surface area contributed by atoms with E-state index in [1.54, 1.807) is 4.68 Å². The number of aromatic nitrogens is 3. The minimum atomic E-state index is -0.724. The van der Waals surface area contributed by atoms with Crippen LogP contribution >= 0.6 is 0 Å². The molecule has 0 spiro atoms. The summed E-state index contributed by atoms with van der Waals surface area (Å²) in [7, 11) is 0. The van der Waals surface area contributed by atoms with Gasteiger partial charge in [-0.1, -0.05) is 70.9 Å². The molecule has 4 fully saturated rings. The van der Waals surface area contributed by atoms with E-state index in [0.717, 1.165) is 44.9 Å². The molecule has 1 aliphatic heterocycles. The van der Waals surface area contributed by atoms with Gasteiger partial charge < -0.3 is 14.9 Å². The number of para-hydroxylation sites is 1. The number of benzene rings is 1. The van der Waals surface area contributed by atoms with E-state index in [-0.39, 0.29) is 46.0 Å². The lowest BCUT2D eigenvalue weighted by Gasteiger charge is -2.66. The predicted octanol–water partition coefficient (Wildman–Crippen LogP) is 5.16. The van der Waals surface area contributed by atoms with Crippen LogP contribution in [0.1, 0.15) is 92.9 Å². The first-order valence-electron chi connectivity index (χ1n) is 16.9. The third-order valence-electron chi connectivity index (χ3n) is 13.6. The highest BCUT2D eigenvalue weighted by atomic mass is 16.6. The Morgan fingerprint density at radius 1 is 1.07 bits per heavy atom. The van der Waals surface area contributed by atoms with Gasteiger partial charge in [-0.2, -0.15) is 0 Å². The average molecular weight is 606 g/mol. The molecule has 240 valence electrons. The van der Waals surface area contributed by atoms with Crippen molar-refractivity contribution < 1.29 is 14.9 Å².